The van der Waals surface area contributed by atoms with Crippen LogP contribution in [0.5, 0.6) is 0 Å². The number of anilines is 1. The molecule has 0 bridgehead atoms. The van der Waals surface area contributed by atoms with E-state index in [9.17, 15) is 0 Å². The van der Waals surface area contributed by atoms with Crippen molar-refractivity contribution in [3.05, 3.63) is 18.5 Å². The third-order valence-electron chi connectivity index (χ3n) is 3.04. The van der Waals surface area contributed by atoms with Crippen molar-refractivity contribution >= 4 is 17.0 Å². The first-order chi connectivity index (χ1) is 9.83. The number of aromatic amines is 1. The second-order valence-electron chi connectivity index (χ2n) is 4.50. The van der Waals surface area contributed by atoms with E-state index in [2.05, 4.69) is 37.5 Å². The first-order valence-corrected chi connectivity index (χ1v) is 6.80. The van der Waals surface area contributed by atoms with Gasteiger partial charge in [-0.05, 0) is 19.4 Å². The quantitative estimate of drug-likeness (QED) is 0.742. The van der Waals surface area contributed by atoms with Crippen LogP contribution in [0.15, 0.2) is 18.5 Å². The van der Waals surface area contributed by atoms with E-state index in [0.717, 1.165) is 41.9 Å². The minimum Gasteiger partial charge on any atom is -0.354 e. The van der Waals surface area contributed by atoms with E-state index in [1.807, 2.05) is 17.7 Å². The highest BCUT2D eigenvalue weighted by molar-refractivity contribution is 5.89. The van der Waals surface area contributed by atoms with Gasteiger partial charge < -0.3 is 5.32 Å². The zero-order chi connectivity index (χ0) is 13.9. The van der Waals surface area contributed by atoms with E-state index in [0.29, 0.717) is 5.95 Å². The number of nitrogens with one attached hydrogen (secondary N) is 2. The molecule has 0 fully saturated rings. The van der Waals surface area contributed by atoms with Crippen LogP contribution in [0.25, 0.3) is 22.4 Å². The Labute approximate surface area is 116 Å². The number of hydrogen-bond donors (Lipinski definition) is 2. The number of nitrogens with zero attached hydrogens (tertiary/aromatic N) is 5. The molecule has 0 saturated carbocycles. The molecule has 0 spiro atoms. The van der Waals surface area contributed by atoms with Crippen LogP contribution < -0.4 is 5.32 Å². The van der Waals surface area contributed by atoms with E-state index in [-0.39, 0.29) is 0 Å². The summed E-state index contributed by atoms with van der Waals surface area (Å²) in [4.78, 5) is 9.01. The molecule has 0 radical (unpaired) electrons. The van der Waals surface area contributed by atoms with Gasteiger partial charge in [0.25, 0.3) is 0 Å². The Balaban J connectivity index is 2.17. The van der Waals surface area contributed by atoms with Gasteiger partial charge in [-0.15, -0.1) is 0 Å². The Morgan fingerprint density at radius 2 is 2.20 bits per heavy atom. The first-order valence-electron chi connectivity index (χ1n) is 6.80. The first kappa shape index (κ1) is 12.6. The van der Waals surface area contributed by atoms with Gasteiger partial charge in [-0.2, -0.15) is 15.2 Å². The second kappa shape index (κ2) is 5.28. The highest BCUT2D eigenvalue weighted by Crippen LogP contribution is 2.26. The third kappa shape index (κ3) is 2.11. The fraction of sp³-hybridized carbons (Fsp3) is 0.385. The van der Waals surface area contributed by atoms with Crippen molar-refractivity contribution in [2.45, 2.75) is 26.8 Å². The molecule has 3 rings (SSSR count). The molecule has 0 atom stereocenters. The number of hydrogen-bond acceptors (Lipinski definition) is 5. The molecular formula is C13H17N7. The second-order valence-corrected chi connectivity index (χ2v) is 4.50. The topological polar surface area (TPSA) is 84.3 Å². The lowest BCUT2D eigenvalue weighted by Gasteiger charge is -2.08. The van der Waals surface area contributed by atoms with Crippen molar-refractivity contribution in [3.8, 4) is 11.4 Å². The molecule has 0 unspecified atom stereocenters. The van der Waals surface area contributed by atoms with Crippen LogP contribution in [0.3, 0.4) is 0 Å². The smallest absolute Gasteiger partial charge is 0.225 e. The number of rotatable bonds is 5. The van der Waals surface area contributed by atoms with E-state index >= 15 is 0 Å². The average Bonchev–Trinajstić information content (AvgIpc) is 3.07. The monoisotopic (exact) mass is 271 g/mol. The van der Waals surface area contributed by atoms with Gasteiger partial charge in [0.2, 0.25) is 5.95 Å². The molecule has 0 aliphatic carbocycles. The van der Waals surface area contributed by atoms with Crippen LogP contribution >= 0.6 is 0 Å². The van der Waals surface area contributed by atoms with Gasteiger partial charge >= 0.3 is 0 Å². The molecule has 0 amide bonds. The van der Waals surface area contributed by atoms with Crippen molar-refractivity contribution in [1.82, 2.24) is 29.9 Å². The lowest BCUT2D eigenvalue weighted by molar-refractivity contribution is 0.608. The van der Waals surface area contributed by atoms with Crippen molar-refractivity contribution in [3.63, 3.8) is 0 Å². The standard InChI is InChI=1S/C13H17N7/c1-3-7-20-10(5-6-16-20)11-9-8-15-19-12(9)18-13(17-11)14-4-2/h5-6,8H,3-4,7H2,1-2H3,(H2,14,15,17,18,19). The van der Waals surface area contributed by atoms with E-state index in [4.69, 9.17) is 0 Å². The van der Waals surface area contributed by atoms with Crippen LogP contribution in [0, 0.1) is 0 Å². The Morgan fingerprint density at radius 1 is 1.30 bits per heavy atom. The normalized spacial score (nSPS) is 11.1. The summed E-state index contributed by atoms with van der Waals surface area (Å²) >= 11 is 0. The lowest BCUT2D eigenvalue weighted by Crippen LogP contribution is -2.06. The molecule has 2 N–H and O–H groups in total. The number of aryl methyl sites for hydroxylation is 1. The van der Waals surface area contributed by atoms with Gasteiger partial charge in [-0.25, -0.2) is 4.98 Å². The maximum atomic E-state index is 4.61. The summed E-state index contributed by atoms with van der Waals surface area (Å²) in [6.07, 6.45) is 4.57. The van der Waals surface area contributed by atoms with E-state index < -0.39 is 0 Å². The maximum absolute atomic E-state index is 4.61. The summed E-state index contributed by atoms with van der Waals surface area (Å²) in [7, 11) is 0. The summed E-state index contributed by atoms with van der Waals surface area (Å²) in [6, 6.07) is 1.97. The summed E-state index contributed by atoms with van der Waals surface area (Å²) in [5.41, 5.74) is 2.57. The molecule has 104 valence electrons. The van der Waals surface area contributed by atoms with Crippen molar-refractivity contribution in [1.29, 1.82) is 0 Å². The minimum atomic E-state index is 0.600. The number of fused-ring (bicyclic) bond motifs is 1. The molecule has 3 heterocycles. The van der Waals surface area contributed by atoms with Crippen LogP contribution in [-0.2, 0) is 6.54 Å². The molecule has 7 nitrogen and oxygen atoms in total. The largest absolute Gasteiger partial charge is 0.354 e. The van der Waals surface area contributed by atoms with E-state index in [1.54, 1.807) is 12.4 Å². The van der Waals surface area contributed by atoms with Crippen LogP contribution in [0.2, 0.25) is 0 Å². The van der Waals surface area contributed by atoms with Crippen LogP contribution in [-0.4, -0.2) is 36.5 Å². The van der Waals surface area contributed by atoms with Gasteiger partial charge in [-0.1, -0.05) is 6.92 Å². The third-order valence-corrected chi connectivity index (χ3v) is 3.04. The van der Waals surface area contributed by atoms with E-state index in [1.165, 1.54) is 0 Å². The molecule has 3 aromatic heterocycles. The molecule has 0 aromatic carbocycles. The summed E-state index contributed by atoms with van der Waals surface area (Å²) in [6.45, 7) is 5.78. The van der Waals surface area contributed by atoms with Gasteiger partial charge in [0, 0.05) is 19.3 Å². The predicted octanol–water partition coefficient (Wildman–Crippen LogP) is 2.06. The molecule has 20 heavy (non-hydrogen) atoms. The van der Waals surface area contributed by atoms with Crippen LogP contribution in [0.4, 0.5) is 5.95 Å². The summed E-state index contributed by atoms with van der Waals surface area (Å²) < 4.78 is 1.96. The highest BCUT2D eigenvalue weighted by atomic mass is 15.3. The summed E-state index contributed by atoms with van der Waals surface area (Å²) in [5.74, 6) is 0.600. The van der Waals surface area contributed by atoms with Gasteiger partial charge in [-0.3, -0.25) is 9.78 Å². The van der Waals surface area contributed by atoms with Crippen molar-refractivity contribution in [2.24, 2.45) is 0 Å². The Bertz CT molecular complexity index is 712. The zero-order valence-corrected chi connectivity index (χ0v) is 11.6. The SMILES string of the molecule is CCCn1nccc1-c1nc(NCC)nc2[nH]ncc12. The zero-order valence-electron chi connectivity index (χ0n) is 11.6. The van der Waals surface area contributed by atoms with Crippen molar-refractivity contribution in [2.75, 3.05) is 11.9 Å². The minimum absolute atomic E-state index is 0.600. The molecule has 0 saturated heterocycles. The highest BCUT2D eigenvalue weighted by Gasteiger charge is 2.14. The Morgan fingerprint density at radius 3 is 3.00 bits per heavy atom. The molecule has 7 heteroatoms. The van der Waals surface area contributed by atoms with Crippen molar-refractivity contribution < 1.29 is 0 Å². The number of H-pyrrole nitrogens is 1. The summed E-state index contributed by atoms with van der Waals surface area (Å²) in [5, 5.41) is 15.4. The molecule has 3 aromatic rings. The predicted molar refractivity (Wildman–Crippen MR) is 77.4 cm³/mol. The molecule has 0 aliphatic rings. The fourth-order valence-electron chi connectivity index (χ4n) is 2.19. The Hall–Kier alpha value is -2.44. The van der Waals surface area contributed by atoms with Crippen LogP contribution in [0.1, 0.15) is 20.3 Å². The molecular weight excluding hydrogens is 254 g/mol. The maximum Gasteiger partial charge on any atom is 0.225 e. The van der Waals surface area contributed by atoms with Gasteiger partial charge in [0.05, 0.1) is 17.3 Å². The average molecular weight is 271 g/mol. The fourth-order valence-corrected chi connectivity index (χ4v) is 2.19. The lowest BCUT2D eigenvalue weighted by atomic mass is 10.2. The molecule has 0 aliphatic heterocycles. The number of aromatic nitrogens is 6. The Kier molecular flexibility index (Phi) is 3.32. The van der Waals surface area contributed by atoms with Gasteiger partial charge in [0.15, 0.2) is 5.65 Å². The van der Waals surface area contributed by atoms with Gasteiger partial charge in [0.1, 0.15) is 5.69 Å².